The Morgan fingerprint density at radius 1 is 0.930 bits per heavy atom. The Morgan fingerprint density at radius 3 is 2.05 bits per heavy atom. The molecular formula is C34H37N3O6. The molecule has 0 bridgehead atoms. The van der Waals surface area contributed by atoms with E-state index in [1.165, 1.54) is 18.2 Å². The number of aliphatic carboxylic acids is 1. The van der Waals surface area contributed by atoms with Gasteiger partial charge < -0.3 is 20.4 Å². The van der Waals surface area contributed by atoms with Crippen molar-refractivity contribution in [2.24, 2.45) is 5.73 Å². The highest BCUT2D eigenvalue weighted by molar-refractivity contribution is 5.98. The predicted octanol–water partition coefficient (Wildman–Crippen LogP) is 4.55. The number of hydrogen-bond donors (Lipinski definition) is 1. The minimum absolute atomic E-state index is 0.0128. The van der Waals surface area contributed by atoms with Crippen LogP contribution in [0.2, 0.25) is 0 Å². The van der Waals surface area contributed by atoms with Gasteiger partial charge in [0, 0.05) is 43.9 Å². The van der Waals surface area contributed by atoms with Gasteiger partial charge in [0.05, 0.1) is 37.0 Å². The number of ether oxygens (including phenoxy) is 1. The van der Waals surface area contributed by atoms with E-state index >= 15 is 0 Å². The summed E-state index contributed by atoms with van der Waals surface area (Å²) in [6.45, 7) is 4.38. The molecule has 9 nitrogen and oxygen atoms in total. The Labute approximate surface area is 251 Å². The van der Waals surface area contributed by atoms with E-state index in [9.17, 15) is 24.8 Å². The van der Waals surface area contributed by atoms with Crippen LogP contribution >= 0.6 is 0 Å². The molecule has 0 spiro atoms. The first-order chi connectivity index (χ1) is 20.6. The number of benzene rings is 3. The van der Waals surface area contributed by atoms with Gasteiger partial charge >= 0.3 is 5.97 Å². The molecule has 224 valence electrons. The summed E-state index contributed by atoms with van der Waals surface area (Å²) in [5.41, 5.74) is 9.08. The fourth-order valence-corrected chi connectivity index (χ4v) is 5.97. The highest BCUT2D eigenvalue weighted by atomic mass is 16.6. The van der Waals surface area contributed by atoms with Gasteiger partial charge in [0.1, 0.15) is 17.0 Å². The SMILES string of the molecule is CC1=C(C(=O)[O-])C(c2cccc([N+](=O)[O-])c2)C(C(=O)OCCCN)=C(C)[N+]1(C)CCC(c1ccccc1)c1ccccc1. The smallest absolute Gasteiger partial charge is 0.340 e. The highest BCUT2D eigenvalue weighted by Gasteiger charge is 2.46. The lowest BCUT2D eigenvalue weighted by Gasteiger charge is -2.44. The summed E-state index contributed by atoms with van der Waals surface area (Å²) in [7, 11) is 1.89. The lowest BCUT2D eigenvalue weighted by Crippen LogP contribution is -2.49. The first kappa shape index (κ1) is 31.3. The fourth-order valence-electron chi connectivity index (χ4n) is 5.97. The van der Waals surface area contributed by atoms with E-state index in [0.717, 1.165) is 11.1 Å². The van der Waals surface area contributed by atoms with Crippen molar-refractivity contribution in [3.63, 3.8) is 0 Å². The Kier molecular flexibility index (Phi) is 9.90. The summed E-state index contributed by atoms with van der Waals surface area (Å²) in [6.07, 6.45) is 1.07. The standard InChI is InChI=1S/C34H37N3O6/c1-23-30(33(38)39)32(27-16-10-17-28(22-27)36(41)42)31(34(40)43-21-11-19-35)24(2)37(23,3)20-18-29(25-12-6-4-7-13-25)26-14-8-5-9-15-26/h4-10,12-17,22,29,32H,11,18-21,35H2,1-3H3. The maximum atomic E-state index is 13.7. The van der Waals surface area contributed by atoms with Gasteiger partial charge in [-0.05, 0) is 29.7 Å². The van der Waals surface area contributed by atoms with Crippen LogP contribution in [0.15, 0.2) is 107 Å². The van der Waals surface area contributed by atoms with Gasteiger partial charge in [0.2, 0.25) is 0 Å². The zero-order chi connectivity index (χ0) is 31.1. The van der Waals surface area contributed by atoms with Crippen LogP contribution in [0.25, 0.3) is 0 Å². The van der Waals surface area contributed by atoms with Crippen LogP contribution in [0.3, 0.4) is 0 Å². The van der Waals surface area contributed by atoms with Crippen LogP contribution in [0.1, 0.15) is 55.2 Å². The number of hydrogen-bond acceptors (Lipinski definition) is 7. The molecular weight excluding hydrogens is 546 g/mol. The lowest BCUT2D eigenvalue weighted by atomic mass is 9.78. The quantitative estimate of drug-likeness (QED) is 0.109. The number of nitro benzene ring substituents is 1. The number of quaternary nitrogens is 1. The number of allylic oxidation sites excluding steroid dienone is 2. The second-order valence-electron chi connectivity index (χ2n) is 10.9. The summed E-state index contributed by atoms with van der Waals surface area (Å²) in [5.74, 6) is -3.22. The van der Waals surface area contributed by atoms with Crippen LogP contribution in [0.4, 0.5) is 5.69 Å². The van der Waals surface area contributed by atoms with Gasteiger partial charge in [0.15, 0.2) is 0 Å². The third-order valence-electron chi connectivity index (χ3n) is 8.54. The second kappa shape index (κ2) is 13.6. The first-order valence-corrected chi connectivity index (χ1v) is 14.3. The number of rotatable bonds is 12. The van der Waals surface area contributed by atoms with E-state index in [2.05, 4.69) is 24.3 Å². The molecule has 0 saturated heterocycles. The normalized spacial score (nSPS) is 18.6. The molecule has 1 heterocycles. The number of carboxylic acids is 1. The van der Waals surface area contributed by atoms with Crippen LogP contribution in [0.5, 0.6) is 0 Å². The summed E-state index contributed by atoms with van der Waals surface area (Å²) in [4.78, 5) is 37.6. The van der Waals surface area contributed by atoms with Gasteiger partial charge in [-0.1, -0.05) is 72.8 Å². The van der Waals surface area contributed by atoms with Crippen molar-refractivity contribution >= 4 is 17.6 Å². The van der Waals surface area contributed by atoms with Crippen molar-refractivity contribution in [2.45, 2.75) is 38.5 Å². The molecule has 4 rings (SSSR count). The maximum absolute atomic E-state index is 13.7. The number of nitrogens with zero attached hydrogens (tertiary/aromatic N) is 2. The van der Waals surface area contributed by atoms with E-state index in [0.29, 0.717) is 42.9 Å². The molecule has 2 N–H and O–H groups in total. The average Bonchev–Trinajstić information content (AvgIpc) is 3.01. The molecule has 1 aliphatic heterocycles. The maximum Gasteiger partial charge on any atom is 0.340 e. The first-order valence-electron chi connectivity index (χ1n) is 14.3. The summed E-state index contributed by atoms with van der Waals surface area (Å²) < 4.78 is 5.63. The monoisotopic (exact) mass is 583 g/mol. The molecule has 0 aliphatic carbocycles. The third kappa shape index (κ3) is 6.58. The Hall–Kier alpha value is -4.60. The Balaban J connectivity index is 1.86. The molecule has 0 aromatic heterocycles. The second-order valence-corrected chi connectivity index (χ2v) is 10.9. The zero-order valence-corrected chi connectivity index (χ0v) is 24.7. The Bertz CT molecular complexity index is 1510. The number of carbonyl (C=O) groups is 2. The van der Waals surface area contributed by atoms with Gasteiger partial charge in [0.25, 0.3) is 5.69 Å². The van der Waals surface area contributed by atoms with Crippen LogP contribution in [-0.4, -0.2) is 48.1 Å². The molecule has 0 amide bonds. The lowest BCUT2D eigenvalue weighted by molar-refractivity contribution is -0.836. The third-order valence-corrected chi connectivity index (χ3v) is 8.54. The Morgan fingerprint density at radius 2 is 1.51 bits per heavy atom. The van der Waals surface area contributed by atoms with E-state index < -0.39 is 22.8 Å². The van der Waals surface area contributed by atoms with Gasteiger partial charge in [-0.15, -0.1) is 0 Å². The number of esters is 1. The highest BCUT2D eigenvalue weighted by Crippen LogP contribution is 2.46. The number of carbonyl (C=O) groups excluding carboxylic acids is 2. The minimum atomic E-state index is -1.44. The van der Waals surface area contributed by atoms with Crippen LogP contribution in [0, 0.1) is 10.1 Å². The summed E-state index contributed by atoms with van der Waals surface area (Å²) in [5, 5.41) is 24.5. The van der Waals surface area contributed by atoms with Crippen molar-refractivity contribution in [1.82, 2.24) is 0 Å². The van der Waals surface area contributed by atoms with Gasteiger partial charge in [-0.3, -0.25) is 14.6 Å². The molecule has 9 heteroatoms. The van der Waals surface area contributed by atoms with Gasteiger partial charge in [-0.25, -0.2) is 4.79 Å². The van der Waals surface area contributed by atoms with Crippen molar-refractivity contribution in [3.8, 4) is 0 Å². The van der Waals surface area contributed by atoms with E-state index in [1.807, 2.05) is 43.4 Å². The summed E-state index contributed by atoms with van der Waals surface area (Å²) in [6, 6.07) is 25.9. The molecule has 3 aromatic rings. The molecule has 0 saturated carbocycles. The van der Waals surface area contributed by atoms with Crippen molar-refractivity contribution in [3.05, 3.63) is 134 Å². The zero-order valence-electron chi connectivity index (χ0n) is 24.7. The minimum Gasteiger partial charge on any atom is -0.545 e. The van der Waals surface area contributed by atoms with E-state index in [-0.39, 0.29) is 33.8 Å². The fraction of sp³-hybridized carbons (Fsp3) is 0.294. The van der Waals surface area contributed by atoms with Crippen molar-refractivity contribution in [2.75, 3.05) is 26.7 Å². The molecule has 1 aliphatic rings. The number of nitrogens with two attached hydrogens (primary N) is 1. The molecule has 0 radical (unpaired) electrons. The van der Waals surface area contributed by atoms with Gasteiger partial charge in [-0.2, -0.15) is 0 Å². The molecule has 0 fully saturated rings. The van der Waals surface area contributed by atoms with Crippen molar-refractivity contribution in [1.29, 1.82) is 0 Å². The molecule has 43 heavy (non-hydrogen) atoms. The van der Waals surface area contributed by atoms with Crippen LogP contribution < -0.4 is 10.8 Å². The molecule has 3 aromatic carbocycles. The summed E-state index contributed by atoms with van der Waals surface area (Å²) >= 11 is 0. The predicted molar refractivity (Wildman–Crippen MR) is 161 cm³/mol. The van der Waals surface area contributed by atoms with Crippen LogP contribution in [-0.2, 0) is 14.3 Å². The molecule has 2 atom stereocenters. The molecule has 2 unspecified atom stereocenters. The van der Waals surface area contributed by atoms with E-state index in [4.69, 9.17) is 10.5 Å². The number of carboxylic acid groups (broad SMARTS) is 1. The van der Waals surface area contributed by atoms with Crippen molar-refractivity contribution < 1.29 is 28.8 Å². The number of non-ortho nitro benzene ring substituents is 1. The largest absolute Gasteiger partial charge is 0.545 e. The van der Waals surface area contributed by atoms with E-state index in [1.54, 1.807) is 19.9 Å². The number of nitro groups is 1. The topological polar surface area (TPSA) is 136 Å². The average molecular weight is 584 g/mol.